The van der Waals surface area contributed by atoms with E-state index in [2.05, 4.69) is 5.10 Å². The summed E-state index contributed by atoms with van der Waals surface area (Å²) in [7, 11) is 0. The molecule has 1 atom stereocenters. The van der Waals surface area contributed by atoms with Gasteiger partial charge in [-0.1, -0.05) is 24.6 Å². The van der Waals surface area contributed by atoms with Crippen LogP contribution in [0.15, 0.2) is 30.5 Å². The second-order valence-corrected chi connectivity index (χ2v) is 6.90. The highest BCUT2D eigenvalue weighted by Crippen LogP contribution is 2.30. The van der Waals surface area contributed by atoms with Gasteiger partial charge in [0.15, 0.2) is 0 Å². The Morgan fingerprint density at radius 1 is 1.44 bits per heavy atom. The third-order valence-corrected chi connectivity index (χ3v) is 4.67. The number of carboxylic acid groups (broad SMARTS) is 1. The molecule has 1 unspecified atom stereocenters. The number of carbonyl (C=O) groups excluding carboxylic acids is 1. The SMILES string of the molecule is Cc1c(C(=O)N(CC(C)C(=O)O)C2CC2)cnn1-c1cccc(Cl)c1. The van der Waals surface area contributed by atoms with Crippen molar-refractivity contribution in [2.75, 3.05) is 6.54 Å². The normalized spacial score (nSPS) is 15.0. The average molecular weight is 362 g/mol. The van der Waals surface area contributed by atoms with E-state index in [1.165, 1.54) is 0 Å². The lowest BCUT2D eigenvalue weighted by Gasteiger charge is -2.24. The fourth-order valence-corrected chi connectivity index (χ4v) is 2.98. The molecule has 0 aliphatic heterocycles. The summed E-state index contributed by atoms with van der Waals surface area (Å²) in [6, 6.07) is 7.37. The molecule has 1 saturated carbocycles. The van der Waals surface area contributed by atoms with Crippen molar-refractivity contribution in [2.45, 2.75) is 32.7 Å². The minimum atomic E-state index is -0.898. The topological polar surface area (TPSA) is 75.4 Å². The van der Waals surface area contributed by atoms with Crippen LogP contribution in [-0.2, 0) is 4.79 Å². The summed E-state index contributed by atoms with van der Waals surface area (Å²) in [5.41, 5.74) is 1.98. The van der Waals surface area contributed by atoms with Crippen LogP contribution in [0.1, 0.15) is 35.8 Å². The molecule has 0 radical (unpaired) electrons. The number of rotatable bonds is 6. The van der Waals surface area contributed by atoms with Crippen LogP contribution in [0.4, 0.5) is 0 Å². The van der Waals surface area contributed by atoms with Crippen LogP contribution < -0.4 is 0 Å². The summed E-state index contributed by atoms with van der Waals surface area (Å²) in [6.45, 7) is 3.65. The second-order valence-electron chi connectivity index (χ2n) is 6.46. The van der Waals surface area contributed by atoms with Crippen LogP contribution in [0.25, 0.3) is 5.69 Å². The van der Waals surface area contributed by atoms with Crippen molar-refractivity contribution in [1.29, 1.82) is 0 Å². The van der Waals surface area contributed by atoms with Crippen molar-refractivity contribution in [1.82, 2.24) is 14.7 Å². The summed E-state index contributed by atoms with van der Waals surface area (Å²) in [6.07, 6.45) is 3.37. The molecule has 1 fully saturated rings. The lowest BCUT2D eigenvalue weighted by Crippen LogP contribution is -2.38. The van der Waals surface area contributed by atoms with E-state index in [0.29, 0.717) is 16.3 Å². The number of aromatic nitrogens is 2. The molecule has 0 spiro atoms. The predicted molar refractivity (Wildman–Crippen MR) is 94.2 cm³/mol. The smallest absolute Gasteiger partial charge is 0.308 e. The van der Waals surface area contributed by atoms with Crippen LogP contribution in [0.2, 0.25) is 5.02 Å². The van der Waals surface area contributed by atoms with E-state index >= 15 is 0 Å². The number of nitrogens with zero attached hydrogens (tertiary/aromatic N) is 3. The van der Waals surface area contributed by atoms with Gasteiger partial charge in [-0.05, 0) is 38.0 Å². The fraction of sp³-hybridized carbons (Fsp3) is 0.389. The van der Waals surface area contributed by atoms with Gasteiger partial charge < -0.3 is 10.0 Å². The van der Waals surface area contributed by atoms with Gasteiger partial charge in [0.1, 0.15) is 0 Å². The van der Waals surface area contributed by atoms with Crippen molar-refractivity contribution >= 4 is 23.5 Å². The highest BCUT2D eigenvalue weighted by molar-refractivity contribution is 6.30. The van der Waals surface area contributed by atoms with Gasteiger partial charge in [-0.2, -0.15) is 5.10 Å². The molecule has 7 heteroatoms. The molecule has 25 heavy (non-hydrogen) atoms. The number of carbonyl (C=O) groups is 2. The van der Waals surface area contributed by atoms with Gasteiger partial charge in [-0.25, -0.2) is 4.68 Å². The third kappa shape index (κ3) is 3.69. The highest BCUT2D eigenvalue weighted by Gasteiger charge is 2.36. The van der Waals surface area contributed by atoms with Crippen LogP contribution in [0, 0.1) is 12.8 Å². The Balaban J connectivity index is 1.88. The van der Waals surface area contributed by atoms with Gasteiger partial charge in [0.25, 0.3) is 5.91 Å². The number of carboxylic acids is 1. The molecule has 1 N–H and O–H groups in total. The average Bonchev–Trinajstić information content (AvgIpc) is 3.33. The minimum Gasteiger partial charge on any atom is -0.481 e. The molecular weight excluding hydrogens is 342 g/mol. The van der Waals surface area contributed by atoms with Crippen molar-refractivity contribution in [3.8, 4) is 5.69 Å². The quantitative estimate of drug-likeness (QED) is 0.857. The van der Waals surface area contributed by atoms with E-state index in [1.54, 1.807) is 34.8 Å². The van der Waals surface area contributed by atoms with E-state index in [0.717, 1.165) is 18.5 Å². The lowest BCUT2D eigenvalue weighted by atomic mass is 10.1. The molecule has 1 aliphatic carbocycles. The Hall–Kier alpha value is -2.34. The van der Waals surface area contributed by atoms with Gasteiger partial charge in [-0.15, -0.1) is 0 Å². The molecule has 0 saturated heterocycles. The molecule has 132 valence electrons. The zero-order valence-electron chi connectivity index (χ0n) is 14.1. The van der Waals surface area contributed by atoms with Gasteiger partial charge in [0, 0.05) is 17.6 Å². The molecule has 1 aliphatic rings. The number of hydrogen-bond donors (Lipinski definition) is 1. The van der Waals surface area contributed by atoms with Crippen LogP contribution >= 0.6 is 11.6 Å². The molecule has 3 rings (SSSR count). The molecule has 0 bridgehead atoms. The van der Waals surface area contributed by atoms with E-state index in [4.69, 9.17) is 16.7 Å². The lowest BCUT2D eigenvalue weighted by molar-refractivity contribution is -0.141. The molecule has 1 aromatic carbocycles. The van der Waals surface area contributed by atoms with E-state index in [-0.39, 0.29) is 18.5 Å². The number of aliphatic carboxylic acids is 1. The van der Waals surface area contributed by atoms with E-state index in [1.807, 2.05) is 19.1 Å². The molecule has 1 aromatic heterocycles. The monoisotopic (exact) mass is 361 g/mol. The maximum absolute atomic E-state index is 13.0. The van der Waals surface area contributed by atoms with Crippen molar-refractivity contribution in [2.24, 2.45) is 5.92 Å². The summed E-state index contributed by atoms with van der Waals surface area (Å²) >= 11 is 6.03. The van der Waals surface area contributed by atoms with E-state index in [9.17, 15) is 9.59 Å². The first-order valence-corrected chi connectivity index (χ1v) is 8.60. The molecule has 6 nitrogen and oxygen atoms in total. The van der Waals surface area contributed by atoms with Crippen LogP contribution in [0.5, 0.6) is 0 Å². The summed E-state index contributed by atoms with van der Waals surface area (Å²) in [5.74, 6) is -1.67. The first-order chi connectivity index (χ1) is 11.9. The molecular formula is C18H20ClN3O3. The Bertz CT molecular complexity index is 814. The zero-order chi connectivity index (χ0) is 18.1. The van der Waals surface area contributed by atoms with Crippen LogP contribution in [-0.4, -0.2) is 44.3 Å². The van der Waals surface area contributed by atoms with Crippen molar-refractivity contribution < 1.29 is 14.7 Å². The first-order valence-electron chi connectivity index (χ1n) is 8.23. The van der Waals surface area contributed by atoms with Gasteiger partial charge >= 0.3 is 5.97 Å². The van der Waals surface area contributed by atoms with Crippen molar-refractivity contribution in [3.63, 3.8) is 0 Å². The zero-order valence-corrected chi connectivity index (χ0v) is 14.9. The third-order valence-electron chi connectivity index (χ3n) is 4.43. The van der Waals surface area contributed by atoms with Crippen LogP contribution in [0.3, 0.4) is 0 Å². The number of halogens is 1. The van der Waals surface area contributed by atoms with E-state index < -0.39 is 11.9 Å². The maximum atomic E-state index is 13.0. The Labute approximate surface area is 151 Å². The highest BCUT2D eigenvalue weighted by atomic mass is 35.5. The summed E-state index contributed by atoms with van der Waals surface area (Å²) < 4.78 is 1.67. The molecule has 1 heterocycles. The van der Waals surface area contributed by atoms with Crippen molar-refractivity contribution in [3.05, 3.63) is 46.7 Å². The van der Waals surface area contributed by atoms with Gasteiger partial charge in [0.2, 0.25) is 0 Å². The summed E-state index contributed by atoms with van der Waals surface area (Å²) in [4.78, 5) is 25.8. The van der Waals surface area contributed by atoms with Gasteiger partial charge in [-0.3, -0.25) is 9.59 Å². The minimum absolute atomic E-state index is 0.128. The standard InChI is InChI=1S/C18H20ClN3O3/c1-11(18(24)25)10-21(14-6-7-14)17(23)16-9-20-22(12(16)2)15-5-3-4-13(19)8-15/h3-5,8-9,11,14H,6-7,10H2,1-2H3,(H,24,25). The maximum Gasteiger partial charge on any atom is 0.308 e. The number of amides is 1. The molecule has 2 aromatic rings. The Kier molecular flexibility index (Phi) is 4.81. The molecule has 1 amide bonds. The number of benzene rings is 1. The summed E-state index contributed by atoms with van der Waals surface area (Å²) in [5, 5.41) is 14.1. The fourth-order valence-electron chi connectivity index (χ4n) is 2.80. The predicted octanol–water partition coefficient (Wildman–Crippen LogP) is 3.16. The Morgan fingerprint density at radius 3 is 2.76 bits per heavy atom. The first kappa shape index (κ1) is 17.5. The Morgan fingerprint density at radius 2 is 2.16 bits per heavy atom. The number of hydrogen-bond acceptors (Lipinski definition) is 3. The largest absolute Gasteiger partial charge is 0.481 e. The second kappa shape index (κ2) is 6.88. The van der Waals surface area contributed by atoms with Gasteiger partial charge in [0.05, 0.1) is 29.1 Å².